The first-order valence-corrected chi connectivity index (χ1v) is 7.86. The summed E-state index contributed by atoms with van der Waals surface area (Å²) in [7, 11) is 0. The largest absolute Gasteiger partial charge is 0.462 e. The van der Waals surface area contributed by atoms with E-state index in [-0.39, 0.29) is 11.5 Å². The molecule has 5 nitrogen and oxygen atoms in total. The molecule has 20 heavy (non-hydrogen) atoms. The van der Waals surface area contributed by atoms with Gasteiger partial charge in [0.1, 0.15) is 11.4 Å². The molecule has 0 spiro atoms. The Hall–Kier alpha value is -1.30. The van der Waals surface area contributed by atoms with Gasteiger partial charge in [-0.15, -0.1) is 0 Å². The van der Waals surface area contributed by atoms with E-state index in [1.165, 1.54) is 18.0 Å². The monoisotopic (exact) mass is 297 g/mol. The lowest BCUT2D eigenvalue weighted by molar-refractivity contribution is 0.0526. The Morgan fingerprint density at radius 1 is 1.50 bits per heavy atom. The lowest BCUT2D eigenvalue weighted by Gasteiger charge is -2.29. The van der Waals surface area contributed by atoms with Crippen LogP contribution in [-0.4, -0.2) is 34.8 Å². The first-order chi connectivity index (χ1) is 9.29. The van der Waals surface area contributed by atoms with Gasteiger partial charge in [-0.2, -0.15) is 0 Å². The molecule has 0 fully saturated rings. The van der Waals surface area contributed by atoms with Gasteiger partial charge in [0.2, 0.25) is 0 Å². The van der Waals surface area contributed by atoms with Crippen LogP contribution in [0.2, 0.25) is 0 Å². The van der Waals surface area contributed by atoms with Crippen LogP contribution < -0.4 is 5.32 Å². The number of rotatable bonds is 5. The second kappa shape index (κ2) is 6.92. The van der Waals surface area contributed by atoms with E-state index < -0.39 is 5.97 Å². The maximum absolute atomic E-state index is 11.9. The van der Waals surface area contributed by atoms with Crippen molar-refractivity contribution in [1.29, 1.82) is 0 Å². The van der Waals surface area contributed by atoms with Crippen LogP contribution in [0.3, 0.4) is 0 Å². The molecule has 0 bridgehead atoms. The van der Waals surface area contributed by atoms with Gasteiger partial charge in [0, 0.05) is 12.2 Å². The number of hydrogen-bond donors (Lipinski definition) is 1. The maximum atomic E-state index is 11.9. The number of carbonyl (C=O) groups excluding carboxylic acids is 1. The van der Waals surface area contributed by atoms with Crippen molar-refractivity contribution in [3.8, 4) is 0 Å². The molecule has 6 heteroatoms. The van der Waals surface area contributed by atoms with Crippen molar-refractivity contribution in [2.24, 2.45) is 5.41 Å². The van der Waals surface area contributed by atoms with Crippen LogP contribution in [0.1, 0.15) is 45.0 Å². The van der Waals surface area contributed by atoms with Gasteiger partial charge in [-0.05, 0) is 25.5 Å². The van der Waals surface area contributed by atoms with Crippen LogP contribution in [-0.2, 0) is 4.74 Å². The number of hydrogen-bond acceptors (Lipinski definition) is 6. The zero-order chi connectivity index (χ0) is 15.3. The van der Waals surface area contributed by atoms with Gasteiger partial charge in [0.15, 0.2) is 5.16 Å². The zero-order valence-corrected chi connectivity index (χ0v) is 13.8. The molecule has 0 unspecified atom stereocenters. The van der Waals surface area contributed by atoms with Gasteiger partial charge in [-0.25, -0.2) is 14.8 Å². The first kappa shape index (κ1) is 16.8. The van der Waals surface area contributed by atoms with E-state index in [4.69, 9.17) is 4.74 Å². The minimum absolute atomic E-state index is 0.0520. The van der Waals surface area contributed by atoms with Crippen LogP contribution >= 0.6 is 11.8 Å². The van der Waals surface area contributed by atoms with Crippen LogP contribution in [0.4, 0.5) is 5.82 Å². The summed E-state index contributed by atoms with van der Waals surface area (Å²) in [5.74, 6) is 0.133. The van der Waals surface area contributed by atoms with Crippen LogP contribution in [0.15, 0.2) is 11.4 Å². The fourth-order valence-corrected chi connectivity index (χ4v) is 1.69. The lowest BCUT2D eigenvalue weighted by Crippen LogP contribution is -2.32. The Labute approximate surface area is 124 Å². The SMILES string of the molecule is CCOC(=O)c1cnc(SC)nc1N[C@@H](C)C(C)(C)C. The summed E-state index contributed by atoms with van der Waals surface area (Å²) in [6.07, 6.45) is 3.42. The van der Waals surface area contributed by atoms with Crippen LogP contribution in [0.25, 0.3) is 0 Å². The minimum atomic E-state index is -0.399. The van der Waals surface area contributed by atoms with Crippen molar-refractivity contribution in [2.75, 3.05) is 18.2 Å². The average Bonchev–Trinajstić information content (AvgIpc) is 2.37. The predicted molar refractivity (Wildman–Crippen MR) is 82.3 cm³/mol. The van der Waals surface area contributed by atoms with Crippen molar-refractivity contribution < 1.29 is 9.53 Å². The normalized spacial score (nSPS) is 12.9. The van der Waals surface area contributed by atoms with Gasteiger partial charge in [-0.3, -0.25) is 0 Å². The number of thioether (sulfide) groups is 1. The van der Waals surface area contributed by atoms with Gasteiger partial charge in [0.25, 0.3) is 0 Å². The zero-order valence-electron chi connectivity index (χ0n) is 13.0. The summed E-state index contributed by atoms with van der Waals surface area (Å²) in [6.45, 7) is 10.6. The highest BCUT2D eigenvalue weighted by atomic mass is 32.2. The second-order valence-electron chi connectivity index (χ2n) is 5.57. The molecule has 1 N–H and O–H groups in total. The molecule has 1 rings (SSSR count). The van der Waals surface area contributed by atoms with Gasteiger partial charge in [-0.1, -0.05) is 32.5 Å². The fraction of sp³-hybridized carbons (Fsp3) is 0.643. The molecular weight excluding hydrogens is 274 g/mol. The second-order valence-corrected chi connectivity index (χ2v) is 6.34. The van der Waals surface area contributed by atoms with Gasteiger partial charge in [0.05, 0.1) is 6.61 Å². The minimum Gasteiger partial charge on any atom is -0.462 e. The molecule has 0 saturated carbocycles. The molecular formula is C14H23N3O2S. The lowest BCUT2D eigenvalue weighted by atomic mass is 9.88. The maximum Gasteiger partial charge on any atom is 0.343 e. The quantitative estimate of drug-likeness (QED) is 0.511. The third-order valence-electron chi connectivity index (χ3n) is 3.10. The highest BCUT2D eigenvalue weighted by Gasteiger charge is 2.23. The summed E-state index contributed by atoms with van der Waals surface area (Å²) in [5.41, 5.74) is 0.428. The Bertz CT molecular complexity index is 472. The number of aromatic nitrogens is 2. The molecule has 0 radical (unpaired) electrons. The highest BCUT2D eigenvalue weighted by Crippen LogP contribution is 2.25. The Kier molecular flexibility index (Phi) is 5.80. The van der Waals surface area contributed by atoms with Crippen molar-refractivity contribution in [1.82, 2.24) is 9.97 Å². The van der Waals surface area contributed by atoms with E-state index in [1.807, 2.05) is 6.26 Å². The smallest absolute Gasteiger partial charge is 0.343 e. The molecule has 0 aromatic carbocycles. The Balaban J connectivity index is 3.09. The standard InChI is InChI=1S/C14H23N3O2S/c1-7-19-12(18)10-8-15-13(20-6)17-11(10)16-9(2)14(3,4)5/h8-9H,7H2,1-6H3,(H,15,16,17)/t9-/m0/s1. The van der Waals surface area contributed by atoms with Crippen molar-refractivity contribution in [3.63, 3.8) is 0 Å². The number of carbonyl (C=O) groups is 1. The van der Waals surface area contributed by atoms with E-state index in [0.29, 0.717) is 23.1 Å². The molecule has 0 aliphatic rings. The van der Waals surface area contributed by atoms with E-state index >= 15 is 0 Å². The van der Waals surface area contributed by atoms with E-state index in [9.17, 15) is 4.79 Å². The number of nitrogens with zero attached hydrogens (tertiary/aromatic N) is 2. The molecule has 0 amide bonds. The Morgan fingerprint density at radius 2 is 2.15 bits per heavy atom. The molecule has 1 aromatic heterocycles. The number of anilines is 1. The van der Waals surface area contributed by atoms with Crippen LogP contribution in [0.5, 0.6) is 0 Å². The third kappa shape index (κ3) is 4.37. The summed E-state index contributed by atoms with van der Waals surface area (Å²) < 4.78 is 5.04. The third-order valence-corrected chi connectivity index (χ3v) is 3.66. The summed E-state index contributed by atoms with van der Waals surface area (Å²) in [5, 5.41) is 3.93. The summed E-state index contributed by atoms with van der Waals surface area (Å²) in [4.78, 5) is 20.5. The molecule has 1 aromatic rings. The highest BCUT2D eigenvalue weighted by molar-refractivity contribution is 7.98. The Morgan fingerprint density at radius 3 is 2.65 bits per heavy atom. The molecule has 0 aliphatic heterocycles. The van der Waals surface area contributed by atoms with E-state index in [0.717, 1.165) is 0 Å². The molecule has 1 atom stereocenters. The topological polar surface area (TPSA) is 64.1 Å². The van der Waals surface area contributed by atoms with Crippen molar-refractivity contribution in [2.45, 2.75) is 45.8 Å². The number of nitrogens with one attached hydrogen (secondary N) is 1. The van der Waals surface area contributed by atoms with Gasteiger partial charge < -0.3 is 10.1 Å². The van der Waals surface area contributed by atoms with E-state index in [2.05, 4.69) is 43.0 Å². The molecule has 0 aliphatic carbocycles. The summed E-state index contributed by atoms with van der Waals surface area (Å²) in [6, 6.07) is 0.153. The molecule has 1 heterocycles. The van der Waals surface area contributed by atoms with Crippen LogP contribution in [0, 0.1) is 5.41 Å². The molecule has 0 saturated heterocycles. The van der Waals surface area contributed by atoms with E-state index in [1.54, 1.807) is 6.92 Å². The van der Waals surface area contributed by atoms with Crippen molar-refractivity contribution in [3.05, 3.63) is 11.8 Å². The first-order valence-electron chi connectivity index (χ1n) is 6.64. The fourth-order valence-electron chi connectivity index (χ4n) is 1.35. The molecule has 112 valence electrons. The number of ether oxygens (including phenoxy) is 1. The van der Waals surface area contributed by atoms with Gasteiger partial charge >= 0.3 is 5.97 Å². The predicted octanol–water partition coefficient (Wildman–Crippen LogP) is 3.22. The van der Waals surface area contributed by atoms with Crippen molar-refractivity contribution >= 4 is 23.5 Å². The summed E-state index contributed by atoms with van der Waals surface area (Å²) >= 11 is 1.44. The average molecular weight is 297 g/mol. The number of esters is 1.